The van der Waals surface area contributed by atoms with E-state index >= 15 is 0 Å². The molecule has 0 saturated carbocycles. The van der Waals surface area contributed by atoms with Crippen molar-refractivity contribution in [2.75, 3.05) is 0 Å². The summed E-state index contributed by atoms with van der Waals surface area (Å²) < 4.78 is 5.60. The SMILES string of the molecule is Cc1cnc(Cl)cc1Oc1cncc(Cl)c1. The summed E-state index contributed by atoms with van der Waals surface area (Å²) in [6.45, 7) is 1.89. The molecule has 0 bridgehead atoms. The molecule has 2 aromatic heterocycles. The monoisotopic (exact) mass is 254 g/mol. The lowest BCUT2D eigenvalue weighted by Gasteiger charge is -2.08. The molecule has 0 aliphatic carbocycles. The van der Waals surface area contributed by atoms with E-state index in [1.54, 1.807) is 30.7 Å². The van der Waals surface area contributed by atoms with Gasteiger partial charge in [-0.2, -0.15) is 0 Å². The normalized spacial score (nSPS) is 10.2. The first-order valence-electron chi connectivity index (χ1n) is 4.56. The standard InChI is InChI=1S/C11H8Cl2N2O/c1-7-4-15-11(13)3-10(7)16-9-2-8(12)5-14-6-9/h2-6H,1H3. The number of hydrogen-bond donors (Lipinski definition) is 0. The van der Waals surface area contributed by atoms with Gasteiger partial charge in [0.2, 0.25) is 0 Å². The highest BCUT2D eigenvalue weighted by Crippen LogP contribution is 2.27. The molecule has 2 heterocycles. The predicted molar refractivity (Wildman–Crippen MR) is 63.3 cm³/mol. The topological polar surface area (TPSA) is 35.0 Å². The molecule has 0 spiro atoms. The van der Waals surface area contributed by atoms with Crippen LogP contribution in [-0.4, -0.2) is 9.97 Å². The molecule has 0 N–H and O–H groups in total. The molecule has 0 radical (unpaired) electrons. The van der Waals surface area contributed by atoms with Crippen molar-refractivity contribution in [3.05, 3.63) is 46.5 Å². The van der Waals surface area contributed by atoms with Gasteiger partial charge in [-0.1, -0.05) is 23.2 Å². The van der Waals surface area contributed by atoms with Crippen LogP contribution in [-0.2, 0) is 0 Å². The van der Waals surface area contributed by atoms with Gasteiger partial charge in [-0.3, -0.25) is 4.98 Å². The highest BCUT2D eigenvalue weighted by atomic mass is 35.5. The van der Waals surface area contributed by atoms with E-state index < -0.39 is 0 Å². The summed E-state index contributed by atoms with van der Waals surface area (Å²) in [7, 11) is 0. The molecule has 82 valence electrons. The third-order valence-corrected chi connectivity index (χ3v) is 2.34. The minimum absolute atomic E-state index is 0.385. The highest BCUT2D eigenvalue weighted by molar-refractivity contribution is 6.30. The molecule has 0 aromatic carbocycles. The Kier molecular flexibility index (Phi) is 3.27. The lowest BCUT2D eigenvalue weighted by Crippen LogP contribution is -1.89. The second kappa shape index (κ2) is 4.68. The van der Waals surface area contributed by atoms with Gasteiger partial charge in [0.1, 0.15) is 16.7 Å². The van der Waals surface area contributed by atoms with E-state index in [2.05, 4.69) is 9.97 Å². The zero-order chi connectivity index (χ0) is 11.5. The van der Waals surface area contributed by atoms with Crippen LogP contribution < -0.4 is 4.74 Å². The molecule has 3 nitrogen and oxygen atoms in total. The van der Waals surface area contributed by atoms with Gasteiger partial charge in [0.05, 0.1) is 11.2 Å². The summed E-state index contributed by atoms with van der Waals surface area (Å²) in [4.78, 5) is 7.87. The van der Waals surface area contributed by atoms with Crippen molar-refractivity contribution < 1.29 is 4.74 Å². The van der Waals surface area contributed by atoms with E-state index in [4.69, 9.17) is 27.9 Å². The van der Waals surface area contributed by atoms with Gasteiger partial charge in [0, 0.05) is 30.1 Å². The van der Waals surface area contributed by atoms with E-state index in [1.807, 2.05) is 6.92 Å². The van der Waals surface area contributed by atoms with Crippen LogP contribution >= 0.6 is 23.2 Å². The van der Waals surface area contributed by atoms with Crippen LogP contribution in [0, 0.1) is 6.92 Å². The lowest BCUT2D eigenvalue weighted by molar-refractivity contribution is 0.476. The first-order valence-corrected chi connectivity index (χ1v) is 5.31. The van der Waals surface area contributed by atoms with Crippen molar-refractivity contribution in [2.45, 2.75) is 6.92 Å². The second-order valence-corrected chi connectivity index (χ2v) is 4.04. The number of ether oxygens (including phenoxy) is 1. The van der Waals surface area contributed by atoms with Crippen LogP contribution in [0.4, 0.5) is 0 Å². The molecular weight excluding hydrogens is 247 g/mol. The molecule has 5 heteroatoms. The van der Waals surface area contributed by atoms with Gasteiger partial charge in [0.15, 0.2) is 0 Å². The summed E-state index contributed by atoms with van der Waals surface area (Å²) in [5, 5.41) is 0.908. The van der Waals surface area contributed by atoms with Gasteiger partial charge < -0.3 is 4.74 Å². The third kappa shape index (κ3) is 2.62. The number of aryl methyl sites for hydroxylation is 1. The molecule has 2 aromatic rings. The quantitative estimate of drug-likeness (QED) is 0.763. The molecule has 2 rings (SSSR count). The average molecular weight is 255 g/mol. The van der Waals surface area contributed by atoms with Crippen LogP contribution in [0.5, 0.6) is 11.5 Å². The van der Waals surface area contributed by atoms with Crippen LogP contribution in [0.1, 0.15) is 5.56 Å². The van der Waals surface area contributed by atoms with E-state index in [0.29, 0.717) is 21.7 Å². The fraction of sp³-hybridized carbons (Fsp3) is 0.0909. The van der Waals surface area contributed by atoms with Crippen LogP contribution in [0.3, 0.4) is 0 Å². The van der Waals surface area contributed by atoms with Crippen LogP contribution in [0.25, 0.3) is 0 Å². The smallest absolute Gasteiger partial charge is 0.147 e. The largest absolute Gasteiger partial charge is 0.455 e. The zero-order valence-corrected chi connectivity index (χ0v) is 9.96. The molecule has 0 atom stereocenters. The summed E-state index contributed by atoms with van der Waals surface area (Å²) in [6.07, 6.45) is 4.77. The van der Waals surface area contributed by atoms with Crippen molar-refractivity contribution in [2.24, 2.45) is 0 Å². The minimum atomic E-state index is 0.385. The molecule has 0 saturated heterocycles. The number of hydrogen-bond acceptors (Lipinski definition) is 3. The Balaban J connectivity index is 2.30. The molecule has 0 unspecified atom stereocenters. The number of aromatic nitrogens is 2. The maximum absolute atomic E-state index is 5.80. The molecule has 0 amide bonds. The van der Waals surface area contributed by atoms with Gasteiger partial charge in [0.25, 0.3) is 0 Å². The number of halogens is 2. The summed E-state index contributed by atoms with van der Waals surface area (Å²) >= 11 is 11.6. The van der Waals surface area contributed by atoms with Gasteiger partial charge in [-0.25, -0.2) is 4.98 Å². The maximum atomic E-state index is 5.80. The highest BCUT2D eigenvalue weighted by Gasteiger charge is 2.04. The van der Waals surface area contributed by atoms with Gasteiger partial charge >= 0.3 is 0 Å². The molecule has 0 aliphatic heterocycles. The molecular formula is C11H8Cl2N2O. The van der Waals surface area contributed by atoms with Crippen molar-refractivity contribution >= 4 is 23.2 Å². The molecule has 16 heavy (non-hydrogen) atoms. The van der Waals surface area contributed by atoms with E-state index in [1.165, 1.54) is 0 Å². The first-order chi connectivity index (χ1) is 7.65. The second-order valence-electron chi connectivity index (χ2n) is 3.21. The Labute approximate surface area is 103 Å². The first kappa shape index (κ1) is 11.2. The fourth-order valence-electron chi connectivity index (χ4n) is 1.17. The lowest BCUT2D eigenvalue weighted by atomic mass is 10.3. The Morgan fingerprint density at radius 3 is 2.69 bits per heavy atom. The fourth-order valence-corrected chi connectivity index (χ4v) is 1.48. The third-order valence-electron chi connectivity index (χ3n) is 1.93. The Bertz CT molecular complexity index is 517. The molecule has 0 fully saturated rings. The minimum Gasteiger partial charge on any atom is -0.455 e. The number of nitrogens with zero attached hydrogens (tertiary/aromatic N) is 2. The van der Waals surface area contributed by atoms with Gasteiger partial charge in [-0.15, -0.1) is 0 Å². The maximum Gasteiger partial charge on any atom is 0.147 e. The Hall–Kier alpha value is -1.32. The van der Waals surface area contributed by atoms with Crippen molar-refractivity contribution in [3.8, 4) is 11.5 Å². The Morgan fingerprint density at radius 2 is 1.94 bits per heavy atom. The van der Waals surface area contributed by atoms with Crippen molar-refractivity contribution in [3.63, 3.8) is 0 Å². The summed E-state index contributed by atoms with van der Waals surface area (Å²) in [5.41, 5.74) is 0.893. The average Bonchev–Trinajstić information content (AvgIpc) is 2.24. The van der Waals surface area contributed by atoms with Gasteiger partial charge in [-0.05, 0) is 6.92 Å². The van der Waals surface area contributed by atoms with E-state index in [9.17, 15) is 0 Å². The van der Waals surface area contributed by atoms with Crippen molar-refractivity contribution in [1.29, 1.82) is 0 Å². The number of pyridine rings is 2. The summed E-state index contributed by atoms with van der Waals surface area (Å²) in [6, 6.07) is 3.33. The predicted octanol–water partition coefficient (Wildman–Crippen LogP) is 3.88. The van der Waals surface area contributed by atoms with E-state index in [0.717, 1.165) is 5.56 Å². The number of rotatable bonds is 2. The zero-order valence-electron chi connectivity index (χ0n) is 8.45. The summed E-state index contributed by atoms with van der Waals surface area (Å²) in [5.74, 6) is 1.21. The van der Waals surface area contributed by atoms with Crippen LogP contribution in [0.15, 0.2) is 30.7 Å². The van der Waals surface area contributed by atoms with Crippen molar-refractivity contribution in [1.82, 2.24) is 9.97 Å². The van der Waals surface area contributed by atoms with E-state index in [-0.39, 0.29) is 0 Å². The van der Waals surface area contributed by atoms with Crippen LogP contribution in [0.2, 0.25) is 10.2 Å². The Morgan fingerprint density at radius 1 is 1.12 bits per heavy atom. The molecule has 0 aliphatic rings.